The van der Waals surface area contributed by atoms with Crippen molar-refractivity contribution in [2.24, 2.45) is 11.1 Å². The lowest BCUT2D eigenvalue weighted by atomic mass is 9.85. The summed E-state index contributed by atoms with van der Waals surface area (Å²) in [5.41, 5.74) is 5.82. The highest BCUT2D eigenvalue weighted by Gasteiger charge is 2.29. The van der Waals surface area contributed by atoms with Crippen LogP contribution in [-0.4, -0.2) is 28.9 Å². The van der Waals surface area contributed by atoms with E-state index in [1.807, 2.05) is 25.7 Å². The van der Waals surface area contributed by atoms with Gasteiger partial charge in [0.2, 0.25) is 5.91 Å². The zero-order valence-corrected chi connectivity index (χ0v) is 12.2. The number of hydrogen-bond donors (Lipinski definition) is 1. The second kappa shape index (κ2) is 5.67. The number of carbonyl (C=O) groups excluding carboxylic acids is 1. The van der Waals surface area contributed by atoms with E-state index in [9.17, 15) is 4.79 Å². The number of rotatable bonds is 4. The largest absolute Gasteiger partial charge is 0.334 e. The van der Waals surface area contributed by atoms with Crippen molar-refractivity contribution in [2.75, 3.05) is 6.54 Å². The fourth-order valence-electron chi connectivity index (χ4n) is 1.48. The molecule has 1 amide bonds. The Morgan fingerprint density at radius 1 is 1.29 bits per heavy atom. The van der Waals surface area contributed by atoms with Gasteiger partial charge in [0.05, 0.1) is 0 Å². The molecule has 0 aromatic rings. The monoisotopic (exact) mass is 240 g/mol. The number of nitrogens with two attached hydrogens (primary N) is 1. The fourth-order valence-corrected chi connectivity index (χ4v) is 1.48. The van der Waals surface area contributed by atoms with Crippen LogP contribution in [0.1, 0.15) is 48.0 Å². The molecule has 0 rings (SSSR count). The summed E-state index contributed by atoms with van der Waals surface area (Å²) in [4.78, 5) is 14.1. The van der Waals surface area contributed by atoms with Crippen LogP contribution in [0.4, 0.5) is 0 Å². The van der Waals surface area contributed by atoms with E-state index in [-0.39, 0.29) is 22.9 Å². The first kappa shape index (κ1) is 16.2. The summed E-state index contributed by atoms with van der Waals surface area (Å²) >= 11 is 0. The summed E-state index contributed by atoms with van der Waals surface area (Å²) < 4.78 is 0. The Balaban J connectivity index is 4.71. The van der Waals surface area contributed by atoms with Crippen LogP contribution in [0.15, 0.2) is 12.7 Å². The van der Waals surface area contributed by atoms with Crippen LogP contribution in [-0.2, 0) is 4.79 Å². The van der Waals surface area contributed by atoms with Gasteiger partial charge in [-0.25, -0.2) is 0 Å². The third-order valence-electron chi connectivity index (χ3n) is 2.93. The lowest BCUT2D eigenvalue weighted by Gasteiger charge is -2.37. The maximum absolute atomic E-state index is 12.2. The van der Waals surface area contributed by atoms with Gasteiger partial charge < -0.3 is 10.6 Å². The lowest BCUT2D eigenvalue weighted by Crippen LogP contribution is -2.49. The van der Waals surface area contributed by atoms with Crippen molar-refractivity contribution in [3.05, 3.63) is 12.7 Å². The van der Waals surface area contributed by atoms with Crippen LogP contribution in [0, 0.1) is 5.41 Å². The van der Waals surface area contributed by atoms with Crippen molar-refractivity contribution in [3.63, 3.8) is 0 Å². The minimum atomic E-state index is -0.192. The average Bonchev–Trinajstić information content (AvgIpc) is 2.10. The van der Waals surface area contributed by atoms with E-state index in [0.29, 0.717) is 13.0 Å². The van der Waals surface area contributed by atoms with Crippen molar-refractivity contribution < 1.29 is 4.79 Å². The van der Waals surface area contributed by atoms with Gasteiger partial charge in [-0.15, -0.1) is 6.58 Å². The number of amides is 1. The topological polar surface area (TPSA) is 46.3 Å². The van der Waals surface area contributed by atoms with E-state index < -0.39 is 0 Å². The standard InChI is InChI=1S/C14H28N2O/c1-8-9-16(14(5,6)7)12(17)10-11(15)13(2,3)4/h8,11H,1,9-10,15H2,2-7H3. The Bertz CT molecular complexity index is 271. The van der Waals surface area contributed by atoms with E-state index >= 15 is 0 Å². The zero-order valence-electron chi connectivity index (χ0n) is 12.2. The molecule has 1 unspecified atom stereocenters. The molecule has 0 aromatic heterocycles. The zero-order chi connectivity index (χ0) is 13.9. The summed E-state index contributed by atoms with van der Waals surface area (Å²) in [6, 6.07) is -0.121. The van der Waals surface area contributed by atoms with Gasteiger partial charge in [-0.1, -0.05) is 26.8 Å². The molecule has 1 atom stereocenters. The van der Waals surface area contributed by atoms with Gasteiger partial charge >= 0.3 is 0 Å². The van der Waals surface area contributed by atoms with Crippen molar-refractivity contribution in [1.82, 2.24) is 4.90 Å². The molecule has 0 aromatic carbocycles. The Labute approximate surface area is 106 Å². The summed E-state index contributed by atoms with van der Waals surface area (Å²) in [7, 11) is 0. The molecule has 0 aliphatic heterocycles. The molecule has 3 nitrogen and oxygen atoms in total. The molecule has 0 aliphatic rings. The second-order valence-electron chi connectivity index (χ2n) is 6.64. The minimum Gasteiger partial charge on any atom is -0.334 e. The minimum absolute atomic E-state index is 0.0482. The molecule has 2 N–H and O–H groups in total. The van der Waals surface area contributed by atoms with Crippen LogP contribution in [0.5, 0.6) is 0 Å². The van der Waals surface area contributed by atoms with Gasteiger partial charge in [-0.2, -0.15) is 0 Å². The Morgan fingerprint density at radius 2 is 1.76 bits per heavy atom. The maximum Gasteiger partial charge on any atom is 0.224 e. The normalized spacial score (nSPS) is 14.3. The highest BCUT2D eigenvalue weighted by atomic mass is 16.2. The van der Waals surface area contributed by atoms with E-state index in [4.69, 9.17) is 5.73 Å². The first-order chi connectivity index (χ1) is 7.50. The number of hydrogen-bond acceptors (Lipinski definition) is 2. The van der Waals surface area contributed by atoms with Crippen molar-refractivity contribution in [2.45, 2.75) is 59.5 Å². The Kier molecular flexibility index (Phi) is 5.40. The van der Waals surface area contributed by atoms with E-state index in [1.165, 1.54) is 0 Å². The molecule has 17 heavy (non-hydrogen) atoms. The summed E-state index contributed by atoms with van der Waals surface area (Å²) in [5.74, 6) is 0.0971. The molecule has 0 saturated carbocycles. The SMILES string of the molecule is C=CCN(C(=O)CC(N)C(C)(C)C)C(C)(C)C. The Hall–Kier alpha value is -0.830. The molecule has 0 bridgehead atoms. The number of nitrogens with zero attached hydrogens (tertiary/aromatic N) is 1. The lowest BCUT2D eigenvalue weighted by molar-refractivity contribution is -0.136. The Morgan fingerprint density at radius 3 is 2.06 bits per heavy atom. The van der Waals surface area contributed by atoms with E-state index in [0.717, 1.165) is 0 Å². The smallest absolute Gasteiger partial charge is 0.224 e. The fraction of sp³-hybridized carbons (Fsp3) is 0.786. The first-order valence-electron chi connectivity index (χ1n) is 6.17. The van der Waals surface area contributed by atoms with Crippen LogP contribution in [0.2, 0.25) is 0 Å². The third kappa shape index (κ3) is 5.35. The maximum atomic E-state index is 12.2. The van der Waals surface area contributed by atoms with Crippen LogP contribution in [0.25, 0.3) is 0 Å². The van der Waals surface area contributed by atoms with Crippen LogP contribution in [0.3, 0.4) is 0 Å². The number of carbonyl (C=O) groups is 1. The quantitative estimate of drug-likeness (QED) is 0.768. The molecule has 0 saturated heterocycles. The molecular formula is C14H28N2O. The van der Waals surface area contributed by atoms with Gasteiger partial charge in [0.15, 0.2) is 0 Å². The summed E-state index contributed by atoms with van der Waals surface area (Å²) in [5, 5.41) is 0. The summed E-state index contributed by atoms with van der Waals surface area (Å²) in [6.45, 7) is 16.5. The molecule has 0 radical (unpaired) electrons. The van der Waals surface area contributed by atoms with Gasteiger partial charge in [0.25, 0.3) is 0 Å². The van der Waals surface area contributed by atoms with Gasteiger partial charge in [0, 0.05) is 24.5 Å². The van der Waals surface area contributed by atoms with Crippen LogP contribution >= 0.6 is 0 Å². The molecule has 0 spiro atoms. The highest BCUT2D eigenvalue weighted by Crippen LogP contribution is 2.22. The summed E-state index contributed by atoms with van der Waals surface area (Å²) in [6.07, 6.45) is 2.14. The second-order valence-corrected chi connectivity index (χ2v) is 6.64. The molecule has 3 heteroatoms. The molecule has 0 fully saturated rings. The predicted octanol–water partition coefficient (Wildman–Crippen LogP) is 2.56. The predicted molar refractivity (Wildman–Crippen MR) is 73.7 cm³/mol. The van der Waals surface area contributed by atoms with Gasteiger partial charge in [-0.3, -0.25) is 4.79 Å². The van der Waals surface area contributed by atoms with E-state index in [1.54, 1.807) is 6.08 Å². The van der Waals surface area contributed by atoms with Crippen molar-refractivity contribution in [1.29, 1.82) is 0 Å². The van der Waals surface area contributed by atoms with Gasteiger partial charge in [-0.05, 0) is 26.2 Å². The molecule has 0 heterocycles. The van der Waals surface area contributed by atoms with Crippen molar-refractivity contribution >= 4 is 5.91 Å². The van der Waals surface area contributed by atoms with Crippen molar-refractivity contribution in [3.8, 4) is 0 Å². The molecular weight excluding hydrogens is 212 g/mol. The average molecular weight is 240 g/mol. The van der Waals surface area contributed by atoms with Crippen LogP contribution < -0.4 is 5.73 Å². The van der Waals surface area contributed by atoms with Gasteiger partial charge in [0.1, 0.15) is 0 Å². The first-order valence-corrected chi connectivity index (χ1v) is 6.17. The molecule has 100 valence electrons. The third-order valence-corrected chi connectivity index (χ3v) is 2.93. The highest BCUT2D eigenvalue weighted by molar-refractivity contribution is 5.77. The van der Waals surface area contributed by atoms with E-state index in [2.05, 4.69) is 27.4 Å². The molecule has 0 aliphatic carbocycles.